The molecular weight excluding hydrogens is 292 g/mol. The van der Waals surface area contributed by atoms with E-state index >= 15 is 0 Å². The van der Waals surface area contributed by atoms with Crippen LogP contribution in [-0.4, -0.2) is 42.3 Å². The Kier molecular flexibility index (Phi) is 5.79. The fourth-order valence-electron chi connectivity index (χ4n) is 1.29. The van der Waals surface area contributed by atoms with Gasteiger partial charge in [-0.2, -0.15) is 0 Å². The maximum atomic E-state index is 12.0. The van der Waals surface area contributed by atoms with Crippen LogP contribution in [0.1, 0.15) is 26.7 Å². The average Bonchev–Trinajstić information content (AvgIpc) is 2.76. The van der Waals surface area contributed by atoms with E-state index in [1.165, 1.54) is 6.92 Å². The minimum absolute atomic E-state index is 0.103. The van der Waals surface area contributed by atoms with Crippen molar-refractivity contribution in [2.75, 3.05) is 11.9 Å². The molecule has 1 unspecified atom stereocenters. The third kappa shape index (κ3) is 4.82. The summed E-state index contributed by atoms with van der Waals surface area (Å²) in [6.45, 7) is 3.00. The molecule has 3 N–H and O–H groups in total. The number of aliphatic hydroxyl groups excluding tert-OH is 1. The normalized spacial score (nSPS) is 13.2. The molecule has 108 valence electrons. The fraction of sp³-hybridized carbons (Fsp3) is 0.667. The molecule has 1 aromatic rings. The Bertz CT molecular complexity index is 528. The lowest BCUT2D eigenvalue weighted by atomic mass is 10.2. The standard InChI is InChI=1S/C9H16N4O4S2/c1-3-7(4-5-14)13-19(16,17)9-12-11-8(18-9)10-6(2)15/h7,13-14H,3-5H2,1-2H3,(H,10,11,15). The lowest BCUT2D eigenvalue weighted by molar-refractivity contribution is -0.114. The van der Waals surface area contributed by atoms with Gasteiger partial charge in [0, 0.05) is 19.6 Å². The molecule has 0 fully saturated rings. The minimum Gasteiger partial charge on any atom is -0.396 e. The maximum absolute atomic E-state index is 12.0. The number of nitrogens with one attached hydrogen (secondary N) is 2. The summed E-state index contributed by atoms with van der Waals surface area (Å²) >= 11 is 0.772. The van der Waals surface area contributed by atoms with E-state index in [-0.39, 0.29) is 28.0 Å². The minimum atomic E-state index is -3.78. The number of nitrogens with zero attached hydrogens (tertiary/aromatic N) is 2. The highest BCUT2D eigenvalue weighted by molar-refractivity contribution is 7.91. The van der Waals surface area contributed by atoms with Gasteiger partial charge in [-0.15, -0.1) is 10.2 Å². The molecule has 0 spiro atoms. The van der Waals surface area contributed by atoms with Crippen LogP contribution in [0.2, 0.25) is 0 Å². The lowest BCUT2D eigenvalue weighted by Gasteiger charge is -2.13. The predicted molar refractivity (Wildman–Crippen MR) is 70.3 cm³/mol. The van der Waals surface area contributed by atoms with E-state index in [0.29, 0.717) is 12.8 Å². The van der Waals surface area contributed by atoms with Crippen LogP contribution in [0.25, 0.3) is 0 Å². The summed E-state index contributed by atoms with van der Waals surface area (Å²) in [5.41, 5.74) is 0. The Morgan fingerprint density at radius 3 is 2.68 bits per heavy atom. The van der Waals surface area contributed by atoms with Crippen molar-refractivity contribution >= 4 is 32.4 Å². The number of sulfonamides is 1. The SMILES string of the molecule is CCC(CCO)NS(=O)(=O)c1nnc(NC(C)=O)s1. The second-order valence-electron chi connectivity index (χ2n) is 3.79. The number of carbonyl (C=O) groups is 1. The second kappa shape index (κ2) is 6.89. The van der Waals surface area contributed by atoms with E-state index in [0.717, 1.165) is 11.3 Å². The molecule has 0 aliphatic rings. The Labute approximate surface area is 115 Å². The number of aliphatic hydroxyl groups is 1. The maximum Gasteiger partial charge on any atom is 0.270 e. The molecule has 1 amide bonds. The second-order valence-corrected chi connectivity index (χ2v) is 6.66. The van der Waals surface area contributed by atoms with Gasteiger partial charge < -0.3 is 10.4 Å². The molecule has 10 heteroatoms. The first-order valence-electron chi connectivity index (χ1n) is 5.63. The average molecular weight is 308 g/mol. The van der Waals surface area contributed by atoms with Crippen molar-refractivity contribution in [2.24, 2.45) is 0 Å². The van der Waals surface area contributed by atoms with Crippen LogP contribution in [0, 0.1) is 0 Å². The zero-order valence-electron chi connectivity index (χ0n) is 10.6. The van der Waals surface area contributed by atoms with Gasteiger partial charge in [-0.25, -0.2) is 13.1 Å². The van der Waals surface area contributed by atoms with Gasteiger partial charge in [-0.3, -0.25) is 4.79 Å². The molecule has 0 saturated carbocycles. The first-order chi connectivity index (χ1) is 8.89. The summed E-state index contributed by atoms with van der Waals surface area (Å²) in [6, 6.07) is -0.358. The number of aromatic nitrogens is 2. The smallest absolute Gasteiger partial charge is 0.270 e. The van der Waals surface area contributed by atoms with Gasteiger partial charge in [0.1, 0.15) is 0 Å². The number of hydrogen-bond acceptors (Lipinski definition) is 7. The van der Waals surface area contributed by atoms with E-state index in [2.05, 4.69) is 20.2 Å². The number of anilines is 1. The first-order valence-corrected chi connectivity index (χ1v) is 7.93. The quantitative estimate of drug-likeness (QED) is 0.607. The molecule has 8 nitrogen and oxygen atoms in total. The molecule has 0 aromatic carbocycles. The molecular formula is C9H16N4O4S2. The van der Waals surface area contributed by atoms with E-state index in [4.69, 9.17) is 5.11 Å². The van der Waals surface area contributed by atoms with Crippen LogP contribution in [-0.2, 0) is 14.8 Å². The molecule has 0 saturated heterocycles. The molecule has 1 atom stereocenters. The molecule has 1 aromatic heterocycles. The van der Waals surface area contributed by atoms with Crippen LogP contribution in [0.3, 0.4) is 0 Å². The molecule has 1 heterocycles. The van der Waals surface area contributed by atoms with E-state index in [9.17, 15) is 13.2 Å². The zero-order chi connectivity index (χ0) is 14.5. The number of amides is 1. The summed E-state index contributed by atoms with van der Waals surface area (Å²) < 4.78 is 26.2. The van der Waals surface area contributed by atoms with Crippen molar-refractivity contribution in [1.29, 1.82) is 0 Å². The molecule has 1 rings (SSSR count). The molecule has 0 bridgehead atoms. The van der Waals surface area contributed by atoms with Crippen LogP contribution in [0.5, 0.6) is 0 Å². The van der Waals surface area contributed by atoms with Crippen molar-refractivity contribution in [3.05, 3.63) is 0 Å². The van der Waals surface area contributed by atoms with Gasteiger partial charge in [0.15, 0.2) is 0 Å². The highest BCUT2D eigenvalue weighted by Crippen LogP contribution is 2.20. The molecule has 19 heavy (non-hydrogen) atoms. The largest absolute Gasteiger partial charge is 0.396 e. The zero-order valence-corrected chi connectivity index (χ0v) is 12.2. The Morgan fingerprint density at radius 2 is 2.16 bits per heavy atom. The van der Waals surface area contributed by atoms with Gasteiger partial charge in [0.25, 0.3) is 10.0 Å². The van der Waals surface area contributed by atoms with Crippen LogP contribution in [0.4, 0.5) is 5.13 Å². The Balaban J connectivity index is 2.82. The van der Waals surface area contributed by atoms with Crippen LogP contribution < -0.4 is 10.0 Å². The lowest BCUT2D eigenvalue weighted by Crippen LogP contribution is -2.35. The molecule has 0 radical (unpaired) electrons. The number of hydrogen-bond donors (Lipinski definition) is 3. The van der Waals surface area contributed by atoms with E-state index < -0.39 is 10.0 Å². The van der Waals surface area contributed by atoms with Crippen molar-refractivity contribution < 1.29 is 18.3 Å². The molecule has 0 aliphatic carbocycles. The fourth-order valence-corrected chi connectivity index (χ4v) is 3.61. The topological polar surface area (TPSA) is 121 Å². The van der Waals surface area contributed by atoms with Crippen molar-refractivity contribution in [3.63, 3.8) is 0 Å². The van der Waals surface area contributed by atoms with Crippen molar-refractivity contribution in [1.82, 2.24) is 14.9 Å². The summed E-state index contributed by atoms with van der Waals surface area (Å²) in [4.78, 5) is 10.8. The van der Waals surface area contributed by atoms with Crippen molar-refractivity contribution in [3.8, 4) is 0 Å². The Morgan fingerprint density at radius 1 is 1.47 bits per heavy atom. The van der Waals surface area contributed by atoms with E-state index in [1.54, 1.807) is 0 Å². The van der Waals surface area contributed by atoms with Crippen molar-refractivity contribution in [2.45, 2.75) is 37.1 Å². The van der Waals surface area contributed by atoms with Crippen LogP contribution in [0.15, 0.2) is 4.34 Å². The number of rotatable bonds is 7. The summed E-state index contributed by atoms with van der Waals surface area (Å²) in [5, 5.41) is 18.4. The van der Waals surface area contributed by atoms with Crippen LogP contribution >= 0.6 is 11.3 Å². The summed E-state index contributed by atoms with van der Waals surface area (Å²) in [7, 11) is -3.78. The van der Waals surface area contributed by atoms with Gasteiger partial charge in [0.05, 0.1) is 0 Å². The highest BCUT2D eigenvalue weighted by atomic mass is 32.2. The third-order valence-corrected chi connectivity index (χ3v) is 4.94. The first kappa shape index (κ1) is 16.0. The Hall–Kier alpha value is -1.10. The molecule has 0 aliphatic heterocycles. The van der Waals surface area contributed by atoms with Gasteiger partial charge >= 0.3 is 0 Å². The monoisotopic (exact) mass is 308 g/mol. The number of carbonyl (C=O) groups excluding carboxylic acids is 1. The summed E-state index contributed by atoms with van der Waals surface area (Å²) in [6.07, 6.45) is 0.879. The van der Waals surface area contributed by atoms with Gasteiger partial charge in [-0.05, 0) is 12.8 Å². The summed E-state index contributed by atoms with van der Waals surface area (Å²) in [5.74, 6) is -0.347. The predicted octanol–water partition coefficient (Wildman–Crippen LogP) is -0.0642. The highest BCUT2D eigenvalue weighted by Gasteiger charge is 2.23. The van der Waals surface area contributed by atoms with Gasteiger partial charge in [-0.1, -0.05) is 18.3 Å². The third-order valence-electron chi connectivity index (χ3n) is 2.21. The van der Waals surface area contributed by atoms with E-state index in [1.807, 2.05) is 6.92 Å². The van der Waals surface area contributed by atoms with Gasteiger partial charge in [0.2, 0.25) is 15.4 Å².